The van der Waals surface area contributed by atoms with Gasteiger partial charge in [-0.3, -0.25) is 9.59 Å². The number of esters is 2. The minimum absolute atomic E-state index is 0.0292. The average Bonchev–Trinajstić information content (AvgIpc) is 3.65. The number of benzene rings is 3. The predicted molar refractivity (Wildman–Crippen MR) is 180 cm³/mol. The Morgan fingerprint density at radius 1 is 0.851 bits per heavy atom. The van der Waals surface area contributed by atoms with Crippen LogP contribution in [0.15, 0.2) is 91.0 Å². The molecule has 3 aromatic carbocycles. The van der Waals surface area contributed by atoms with Gasteiger partial charge in [0.15, 0.2) is 13.7 Å². The summed E-state index contributed by atoms with van der Waals surface area (Å²) >= 11 is 0. The maximum atomic E-state index is 14.3. The minimum Gasteiger partial charge on any atom is -0.468 e. The summed E-state index contributed by atoms with van der Waals surface area (Å²) in [4.78, 5) is 42.1. The number of hydrogen-bond donors (Lipinski definition) is 0. The molecule has 10 heteroatoms. The van der Waals surface area contributed by atoms with Crippen molar-refractivity contribution in [1.29, 1.82) is 0 Å². The molecule has 1 saturated heterocycles. The molecule has 5 rings (SSSR count). The van der Waals surface area contributed by atoms with Gasteiger partial charge in [0.2, 0.25) is 0 Å². The number of rotatable bonds is 10. The molecule has 0 N–H and O–H groups in total. The smallest absolute Gasteiger partial charge is 0.419 e. The Balaban J connectivity index is 1.57. The summed E-state index contributed by atoms with van der Waals surface area (Å²) in [5, 5.41) is 0.633. The molecule has 1 aliphatic heterocycles. The number of para-hydroxylation sites is 1. The Labute approximate surface area is 276 Å². The second-order valence-corrected chi connectivity index (χ2v) is 18.3. The highest BCUT2D eigenvalue weighted by Crippen LogP contribution is 2.52. The van der Waals surface area contributed by atoms with Crippen molar-refractivity contribution in [2.75, 3.05) is 13.7 Å². The second kappa shape index (κ2) is 13.8. The fourth-order valence-corrected chi connectivity index (χ4v) is 6.65. The number of nitrogens with zero attached hydrogens (tertiary/aromatic N) is 1. The molecule has 1 aliphatic rings. The van der Waals surface area contributed by atoms with Crippen molar-refractivity contribution in [2.24, 2.45) is 5.41 Å². The van der Waals surface area contributed by atoms with Gasteiger partial charge in [-0.15, -0.1) is 0 Å². The molecular formula is C37H43NO8Si. The lowest BCUT2D eigenvalue weighted by Crippen LogP contribution is -2.45. The van der Waals surface area contributed by atoms with Crippen molar-refractivity contribution in [3.05, 3.63) is 108 Å². The number of aromatic nitrogens is 1. The summed E-state index contributed by atoms with van der Waals surface area (Å²) in [5.74, 6) is -1.62. The molecule has 0 radical (unpaired) electrons. The molecule has 9 nitrogen and oxygen atoms in total. The summed E-state index contributed by atoms with van der Waals surface area (Å²) < 4.78 is 31.4. The van der Waals surface area contributed by atoms with Gasteiger partial charge in [0.1, 0.15) is 19.3 Å². The van der Waals surface area contributed by atoms with E-state index in [4.69, 9.17) is 23.4 Å². The van der Waals surface area contributed by atoms with Crippen LogP contribution in [0.2, 0.25) is 18.1 Å². The lowest BCUT2D eigenvalue weighted by Gasteiger charge is -2.36. The lowest BCUT2D eigenvalue weighted by atomic mass is 9.78. The van der Waals surface area contributed by atoms with Crippen molar-refractivity contribution in [2.45, 2.75) is 70.7 Å². The molecule has 2 heterocycles. The Kier molecular flexibility index (Phi) is 10.0. The van der Waals surface area contributed by atoms with Gasteiger partial charge in [-0.2, -0.15) is 0 Å². The largest absolute Gasteiger partial charge is 0.468 e. The SMILES string of the molecule is COC(=O)C1(C(=O)OCc2ccccc2)C[C@H](CO[Si](C)(C)C(C)(C)C)O[C@@H]1c1cc2ccccc2n1C(=O)OCc1ccccc1. The summed E-state index contributed by atoms with van der Waals surface area (Å²) in [6.07, 6.45) is -2.66. The topological polar surface area (TPSA) is 102 Å². The van der Waals surface area contributed by atoms with E-state index in [0.717, 1.165) is 11.1 Å². The molecule has 4 aromatic rings. The monoisotopic (exact) mass is 657 g/mol. The van der Waals surface area contributed by atoms with Crippen molar-refractivity contribution >= 4 is 37.3 Å². The summed E-state index contributed by atoms with van der Waals surface area (Å²) in [6, 6.07) is 27.6. The van der Waals surface area contributed by atoms with Gasteiger partial charge >= 0.3 is 18.0 Å². The Bertz CT molecular complexity index is 1710. The Morgan fingerprint density at radius 2 is 1.43 bits per heavy atom. The van der Waals surface area contributed by atoms with E-state index < -0.39 is 44.0 Å². The zero-order valence-corrected chi connectivity index (χ0v) is 28.9. The first-order chi connectivity index (χ1) is 22.4. The lowest BCUT2D eigenvalue weighted by molar-refractivity contribution is -0.177. The molecule has 1 unspecified atom stereocenters. The summed E-state index contributed by atoms with van der Waals surface area (Å²) in [7, 11) is -1.00. The van der Waals surface area contributed by atoms with Gasteiger partial charge in [-0.1, -0.05) is 99.6 Å². The molecule has 3 atom stereocenters. The van der Waals surface area contributed by atoms with E-state index >= 15 is 0 Å². The van der Waals surface area contributed by atoms with E-state index in [0.29, 0.717) is 10.9 Å². The van der Waals surface area contributed by atoms with Crippen LogP contribution in [0.25, 0.3) is 10.9 Å². The second-order valence-electron chi connectivity index (χ2n) is 13.4. The van der Waals surface area contributed by atoms with Crippen LogP contribution in [0.4, 0.5) is 4.79 Å². The van der Waals surface area contributed by atoms with Gasteiger partial charge in [0, 0.05) is 11.8 Å². The first-order valence-corrected chi connectivity index (χ1v) is 18.7. The van der Waals surface area contributed by atoms with E-state index in [2.05, 4.69) is 33.9 Å². The number of carbonyl (C=O) groups is 3. The molecule has 47 heavy (non-hydrogen) atoms. The van der Waals surface area contributed by atoms with Crippen LogP contribution < -0.4 is 0 Å². The molecule has 1 aromatic heterocycles. The summed E-state index contributed by atoms with van der Waals surface area (Å²) in [6.45, 7) is 10.8. The first-order valence-electron chi connectivity index (χ1n) is 15.8. The standard InChI is InChI=1S/C37H43NO8Si/c1-36(2,3)47(5,6)45-25-29-22-37(33(39)42-4,34(40)43-23-26-15-9-7-10-16-26)32(46-29)31-21-28-19-13-14-20-30(28)38(31)35(41)44-24-27-17-11-8-12-18-27/h7-21,29,32H,22-25H2,1-6H3/t29-,32-,37?/m1/s1. The van der Waals surface area contributed by atoms with Crippen LogP contribution in [0.3, 0.4) is 0 Å². The van der Waals surface area contributed by atoms with Crippen molar-refractivity contribution < 1.29 is 37.8 Å². The third-order valence-corrected chi connectivity index (χ3v) is 13.8. The zero-order valence-electron chi connectivity index (χ0n) is 27.9. The highest BCUT2D eigenvalue weighted by molar-refractivity contribution is 6.74. The fraction of sp³-hybridized carbons (Fsp3) is 0.378. The number of methoxy groups -OCH3 is 1. The highest BCUT2D eigenvalue weighted by atomic mass is 28.4. The van der Waals surface area contributed by atoms with Crippen LogP contribution >= 0.6 is 0 Å². The fourth-order valence-electron chi connectivity index (χ4n) is 5.62. The van der Waals surface area contributed by atoms with Crippen LogP contribution in [0.5, 0.6) is 0 Å². The third kappa shape index (κ3) is 7.05. The van der Waals surface area contributed by atoms with Gasteiger partial charge in [0.05, 0.1) is 31.0 Å². The average molecular weight is 658 g/mol. The maximum Gasteiger partial charge on any atom is 0.419 e. The van der Waals surface area contributed by atoms with E-state index in [-0.39, 0.29) is 37.0 Å². The van der Waals surface area contributed by atoms with Gasteiger partial charge in [-0.05, 0) is 41.4 Å². The quantitative estimate of drug-likeness (QED) is 0.0745. The van der Waals surface area contributed by atoms with Crippen molar-refractivity contribution in [1.82, 2.24) is 4.57 Å². The molecule has 0 bridgehead atoms. The molecular weight excluding hydrogens is 614 g/mol. The molecule has 0 spiro atoms. The van der Waals surface area contributed by atoms with Crippen molar-refractivity contribution in [3.8, 4) is 0 Å². The van der Waals surface area contributed by atoms with E-state index in [1.165, 1.54) is 11.7 Å². The van der Waals surface area contributed by atoms with Crippen LogP contribution in [0, 0.1) is 5.41 Å². The normalized spacial score (nSPS) is 19.8. The molecule has 0 amide bonds. The number of ether oxygens (including phenoxy) is 4. The molecule has 1 fully saturated rings. The first kappa shape index (κ1) is 34.1. The highest BCUT2D eigenvalue weighted by Gasteiger charge is 2.63. The Hall–Kier alpha value is -4.25. The van der Waals surface area contributed by atoms with Crippen molar-refractivity contribution in [3.63, 3.8) is 0 Å². The third-order valence-electron chi connectivity index (χ3n) is 9.28. The number of fused-ring (bicyclic) bond motifs is 1. The van der Waals surface area contributed by atoms with Gasteiger partial charge in [0.25, 0.3) is 0 Å². The molecule has 0 aliphatic carbocycles. The molecule has 248 valence electrons. The number of hydrogen-bond acceptors (Lipinski definition) is 8. The van der Waals surface area contributed by atoms with Crippen LogP contribution in [-0.2, 0) is 46.2 Å². The minimum atomic E-state index is -2.23. The molecule has 0 saturated carbocycles. The predicted octanol–water partition coefficient (Wildman–Crippen LogP) is 7.58. The van der Waals surface area contributed by atoms with Gasteiger partial charge < -0.3 is 23.4 Å². The van der Waals surface area contributed by atoms with Crippen LogP contribution in [0.1, 0.15) is 50.1 Å². The van der Waals surface area contributed by atoms with E-state index in [1.54, 1.807) is 18.2 Å². The maximum absolute atomic E-state index is 14.3. The summed E-state index contributed by atoms with van der Waals surface area (Å²) in [5.41, 5.74) is 0.458. The van der Waals surface area contributed by atoms with E-state index in [9.17, 15) is 14.4 Å². The van der Waals surface area contributed by atoms with Crippen LogP contribution in [-0.4, -0.2) is 50.7 Å². The Morgan fingerprint density at radius 3 is 2.02 bits per heavy atom. The van der Waals surface area contributed by atoms with E-state index in [1.807, 2.05) is 72.8 Å². The zero-order chi connectivity index (χ0) is 33.8. The number of carbonyl (C=O) groups excluding carboxylic acids is 3. The van der Waals surface area contributed by atoms with Gasteiger partial charge in [-0.25, -0.2) is 9.36 Å².